The largest absolute Gasteiger partial charge is 0.338 e. The fourth-order valence-electron chi connectivity index (χ4n) is 2.86. The van der Waals surface area contributed by atoms with Crippen molar-refractivity contribution in [3.63, 3.8) is 0 Å². The van der Waals surface area contributed by atoms with Gasteiger partial charge in [-0.3, -0.25) is 4.79 Å². The molecule has 0 bridgehead atoms. The van der Waals surface area contributed by atoms with Crippen LogP contribution in [0.2, 0.25) is 0 Å². The lowest BCUT2D eigenvalue weighted by molar-refractivity contribution is -0.116. The lowest BCUT2D eigenvalue weighted by Crippen LogP contribution is -2.43. The van der Waals surface area contributed by atoms with Crippen LogP contribution in [0.15, 0.2) is 24.3 Å². The van der Waals surface area contributed by atoms with Gasteiger partial charge in [0.2, 0.25) is 5.91 Å². The van der Waals surface area contributed by atoms with E-state index >= 15 is 0 Å². The predicted octanol–water partition coefficient (Wildman–Crippen LogP) is 3.35. The number of carbonyl (C=O) groups excluding carboxylic acids is 2. The Hall–Kier alpha value is -2.04. The molecule has 0 saturated heterocycles. The van der Waals surface area contributed by atoms with Gasteiger partial charge in [0, 0.05) is 24.7 Å². The molecule has 3 N–H and O–H groups in total. The predicted molar refractivity (Wildman–Crippen MR) is 92.5 cm³/mol. The van der Waals surface area contributed by atoms with Gasteiger partial charge in [-0.1, -0.05) is 37.5 Å². The summed E-state index contributed by atoms with van der Waals surface area (Å²) in [4.78, 5) is 23.7. The number of carbonyl (C=O) groups is 2. The maximum Gasteiger partial charge on any atom is 0.315 e. The van der Waals surface area contributed by atoms with Gasteiger partial charge in [0.15, 0.2) is 0 Å². The number of para-hydroxylation sites is 1. The number of hydrogen-bond donors (Lipinski definition) is 3. The first kappa shape index (κ1) is 17.3. The van der Waals surface area contributed by atoms with Crippen LogP contribution in [-0.2, 0) is 4.79 Å². The summed E-state index contributed by atoms with van der Waals surface area (Å²) >= 11 is 0. The maximum atomic E-state index is 11.9. The first-order valence-corrected chi connectivity index (χ1v) is 8.55. The molecule has 126 valence electrons. The number of benzene rings is 1. The molecule has 0 spiro atoms. The van der Waals surface area contributed by atoms with Crippen LogP contribution in [-0.4, -0.2) is 24.5 Å². The molecule has 1 aliphatic rings. The SMILES string of the molecule is Cc1ccccc1NC(=O)CCCNC(=O)NC1CCCCC1. The Morgan fingerprint density at radius 1 is 1.13 bits per heavy atom. The maximum absolute atomic E-state index is 11.9. The number of rotatable bonds is 6. The van der Waals surface area contributed by atoms with Crippen LogP contribution in [0.25, 0.3) is 0 Å². The van der Waals surface area contributed by atoms with E-state index in [9.17, 15) is 9.59 Å². The molecule has 5 heteroatoms. The Labute approximate surface area is 138 Å². The number of hydrogen-bond acceptors (Lipinski definition) is 2. The van der Waals surface area contributed by atoms with Crippen LogP contribution in [0, 0.1) is 6.92 Å². The molecular formula is C18H27N3O2. The molecule has 0 unspecified atom stereocenters. The average molecular weight is 317 g/mol. The number of aryl methyl sites for hydroxylation is 1. The van der Waals surface area contributed by atoms with Crippen LogP contribution in [0.5, 0.6) is 0 Å². The van der Waals surface area contributed by atoms with E-state index in [2.05, 4.69) is 16.0 Å². The van der Waals surface area contributed by atoms with E-state index in [0.29, 0.717) is 25.4 Å². The summed E-state index contributed by atoms with van der Waals surface area (Å²) in [6.45, 7) is 2.48. The zero-order valence-corrected chi connectivity index (χ0v) is 13.9. The minimum absolute atomic E-state index is 0.0196. The van der Waals surface area contributed by atoms with E-state index in [1.807, 2.05) is 31.2 Å². The third-order valence-corrected chi connectivity index (χ3v) is 4.23. The van der Waals surface area contributed by atoms with E-state index in [1.54, 1.807) is 0 Å². The second-order valence-electron chi connectivity index (χ2n) is 6.20. The quantitative estimate of drug-likeness (QED) is 0.704. The van der Waals surface area contributed by atoms with E-state index < -0.39 is 0 Å². The Bertz CT molecular complexity index is 525. The summed E-state index contributed by atoms with van der Waals surface area (Å²) in [5.41, 5.74) is 1.89. The van der Waals surface area contributed by atoms with Crippen molar-refractivity contribution in [2.24, 2.45) is 0 Å². The van der Waals surface area contributed by atoms with E-state index in [-0.39, 0.29) is 11.9 Å². The molecule has 0 heterocycles. The second kappa shape index (κ2) is 9.18. The van der Waals surface area contributed by atoms with Crippen molar-refractivity contribution in [3.05, 3.63) is 29.8 Å². The Morgan fingerprint density at radius 3 is 2.61 bits per heavy atom. The standard InChI is InChI=1S/C18H27N3O2/c1-14-8-5-6-11-16(14)21-17(22)12-7-13-19-18(23)20-15-9-3-2-4-10-15/h5-6,8,11,15H,2-4,7,9-10,12-13H2,1H3,(H,21,22)(H2,19,20,23). The molecule has 1 aliphatic carbocycles. The summed E-state index contributed by atoms with van der Waals surface area (Å²) < 4.78 is 0. The van der Waals surface area contributed by atoms with Gasteiger partial charge < -0.3 is 16.0 Å². The molecule has 0 radical (unpaired) electrons. The van der Waals surface area contributed by atoms with Crippen molar-refractivity contribution in [1.29, 1.82) is 0 Å². The average Bonchev–Trinajstić information content (AvgIpc) is 2.55. The summed E-state index contributed by atoms with van der Waals surface area (Å²) in [6.07, 6.45) is 6.86. The third-order valence-electron chi connectivity index (χ3n) is 4.23. The highest BCUT2D eigenvalue weighted by Gasteiger charge is 2.15. The lowest BCUT2D eigenvalue weighted by Gasteiger charge is -2.22. The molecule has 23 heavy (non-hydrogen) atoms. The number of urea groups is 1. The first-order valence-electron chi connectivity index (χ1n) is 8.55. The van der Waals surface area contributed by atoms with E-state index in [0.717, 1.165) is 24.1 Å². The zero-order valence-electron chi connectivity index (χ0n) is 13.9. The van der Waals surface area contributed by atoms with Gasteiger partial charge >= 0.3 is 6.03 Å². The second-order valence-corrected chi connectivity index (χ2v) is 6.20. The van der Waals surface area contributed by atoms with Gasteiger partial charge in [0.1, 0.15) is 0 Å². The van der Waals surface area contributed by atoms with Gasteiger partial charge in [-0.05, 0) is 37.8 Å². The minimum atomic E-state index is -0.115. The van der Waals surface area contributed by atoms with Crippen molar-refractivity contribution in [1.82, 2.24) is 10.6 Å². The topological polar surface area (TPSA) is 70.2 Å². The number of anilines is 1. The first-order chi connectivity index (χ1) is 11.1. The Kier molecular flexibility index (Phi) is 6.91. The highest BCUT2D eigenvalue weighted by molar-refractivity contribution is 5.91. The minimum Gasteiger partial charge on any atom is -0.338 e. The third kappa shape index (κ3) is 6.30. The van der Waals surface area contributed by atoms with Crippen molar-refractivity contribution in [2.75, 3.05) is 11.9 Å². The normalized spacial score (nSPS) is 15.0. The molecular weight excluding hydrogens is 290 g/mol. The highest BCUT2D eigenvalue weighted by atomic mass is 16.2. The molecule has 2 rings (SSSR count). The molecule has 1 aromatic rings. The molecule has 5 nitrogen and oxygen atoms in total. The van der Waals surface area contributed by atoms with Crippen LogP contribution in [0.4, 0.5) is 10.5 Å². The van der Waals surface area contributed by atoms with Crippen LogP contribution in [0.3, 0.4) is 0 Å². The molecule has 3 amide bonds. The van der Waals surface area contributed by atoms with Gasteiger partial charge in [-0.15, -0.1) is 0 Å². The summed E-state index contributed by atoms with van der Waals surface area (Å²) in [5, 5.41) is 8.73. The number of nitrogens with one attached hydrogen (secondary N) is 3. The fourth-order valence-corrected chi connectivity index (χ4v) is 2.86. The number of amides is 3. The summed E-state index contributed by atoms with van der Waals surface area (Å²) in [5.74, 6) is -0.0196. The van der Waals surface area contributed by atoms with Crippen molar-refractivity contribution < 1.29 is 9.59 Å². The highest BCUT2D eigenvalue weighted by Crippen LogP contribution is 2.17. The smallest absolute Gasteiger partial charge is 0.315 e. The molecule has 0 aromatic heterocycles. The van der Waals surface area contributed by atoms with Crippen LogP contribution >= 0.6 is 0 Å². The molecule has 0 aliphatic heterocycles. The van der Waals surface area contributed by atoms with E-state index in [4.69, 9.17) is 0 Å². The molecule has 1 fully saturated rings. The van der Waals surface area contributed by atoms with Crippen LogP contribution in [0.1, 0.15) is 50.5 Å². The van der Waals surface area contributed by atoms with Crippen molar-refractivity contribution >= 4 is 17.6 Å². The Morgan fingerprint density at radius 2 is 1.87 bits per heavy atom. The summed E-state index contributed by atoms with van der Waals surface area (Å²) in [6, 6.07) is 7.90. The molecule has 0 atom stereocenters. The lowest BCUT2D eigenvalue weighted by atomic mass is 9.96. The van der Waals surface area contributed by atoms with Gasteiger partial charge in [0.25, 0.3) is 0 Å². The van der Waals surface area contributed by atoms with Crippen LogP contribution < -0.4 is 16.0 Å². The van der Waals surface area contributed by atoms with E-state index in [1.165, 1.54) is 19.3 Å². The monoisotopic (exact) mass is 317 g/mol. The van der Waals surface area contributed by atoms with Crippen molar-refractivity contribution in [2.45, 2.75) is 57.9 Å². The zero-order chi connectivity index (χ0) is 16.5. The van der Waals surface area contributed by atoms with Gasteiger partial charge in [-0.2, -0.15) is 0 Å². The Balaban J connectivity index is 1.58. The summed E-state index contributed by atoms with van der Waals surface area (Å²) in [7, 11) is 0. The van der Waals surface area contributed by atoms with Gasteiger partial charge in [0.05, 0.1) is 0 Å². The molecule has 1 aromatic carbocycles. The van der Waals surface area contributed by atoms with Crippen molar-refractivity contribution in [3.8, 4) is 0 Å². The fraction of sp³-hybridized carbons (Fsp3) is 0.556. The molecule has 1 saturated carbocycles. The van der Waals surface area contributed by atoms with Gasteiger partial charge in [-0.25, -0.2) is 4.79 Å².